The van der Waals surface area contributed by atoms with Gasteiger partial charge in [0, 0.05) is 32.3 Å². The van der Waals surface area contributed by atoms with E-state index < -0.39 is 0 Å². The monoisotopic (exact) mass is 226 g/mol. The molecular weight excluding hydrogens is 200 g/mol. The number of nitrogens with two attached hydrogens (primary N) is 1. The van der Waals surface area contributed by atoms with Gasteiger partial charge in [-0.1, -0.05) is 0 Å². The Bertz CT molecular complexity index is 198. The summed E-state index contributed by atoms with van der Waals surface area (Å²) in [5, 5.41) is 0. The fourth-order valence-electron chi connectivity index (χ4n) is 2.77. The SMILES string of the molecule is COCCN(CC1CCC(N)CC1)C1CC1. The highest BCUT2D eigenvalue weighted by Gasteiger charge is 2.31. The van der Waals surface area contributed by atoms with Crippen LogP contribution in [0.3, 0.4) is 0 Å². The van der Waals surface area contributed by atoms with Gasteiger partial charge in [0.1, 0.15) is 0 Å². The van der Waals surface area contributed by atoms with Crippen molar-refractivity contribution in [1.29, 1.82) is 0 Å². The Labute approximate surface area is 99.3 Å². The molecule has 0 saturated heterocycles. The summed E-state index contributed by atoms with van der Waals surface area (Å²) in [6.07, 6.45) is 7.92. The van der Waals surface area contributed by atoms with E-state index in [-0.39, 0.29) is 0 Å². The Morgan fingerprint density at radius 1 is 1.12 bits per heavy atom. The summed E-state index contributed by atoms with van der Waals surface area (Å²) in [5.41, 5.74) is 5.95. The quantitative estimate of drug-likeness (QED) is 0.748. The fourth-order valence-corrected chi connectivity index (χ4v) is 2.77. The van der Waals surface area contributed by atoms with E-state index in [1.54, 1.807) is 7.11 Å². The Hall–Kier alpha value is -0.120. The third-order valence-corrected chi connectivity index (χ3v) is 4.03. The van der Waals surface area contributed by atoms with E-state index >= 15 is 0 Å². The van der Waals surface area contributed by atoms with Crippen LogP contribution in [-0.4, -0.2) is 43.8 Å². The highest BCUT2D eigenvalue weighted by Crippen LogP contribution is 2.30. The maximum Gasteiger partial charge on any atom is 0.0589 e. The molecule has 0 aromatic heterocycles. The molecule has 3 heteroatoms. The number of hydrogen-bond donors (Lipinski definition) is 1. The molecule has 94 valence electrons. The van der Waals surface area contributed by atoms with Crippen LogP contribution in [-0.2, 0) is 4.74 Å². The molecule has 0 bridgehead atoms. The average Bonchev–Trinajstić information content (AvgIpc) is 3.11. The van der Waals surface area contributed by atoms with Gasteiger partial charge in [0.15, 0.2) is 0 Å². The number of methoxy groups -OCH3 is 1. The number of ether oxygens (including phenoxy) is 1. The average molecular weight is 226 g/mol. The van der Waals surface area contributed by atoms with E-state index in [0.29, 0.717) is 6.04 Å². The Balaban J connectivity index is 1.72. The molecule has 0 aromatic carbocycles. The normalized spacial score (nSPS) is 30.9. The molecule has 2 N–H and O–H groups in total. The second kappa shape index (κ2) is 5.99. The van der Waals surface area contributed by atoms with Crippen molar-refractivity contribution in [1.82, 2.24) is 4.90 Å². The molecule has 0 spiro atoms. The molecule has 0 amide bonds. The van der Waals surface area contributed by atoms with Gasteiger partial charge in [0.25, 0.3) is 0 Å². The van der Waals surface area contributed by atoms with Crippen LogP contribution < -0.4 is 5.73 Å². The van der Waals surface area contributed by atoms with Gasteiger partial charge in [0.2, 0.25) is 0 Å². The van der Waals surface area contributed by atoms with E-state index in [0.717, 1.165) is 25.1 Å². The second-order valence-electron chi connectivity index (χ2n) is 5.50. The highest BCUT2D eigenvalue weighted by atomic mass is 16.5. The van der Waals surface area contributed by atoms with E-state index in [4.69, 9.17) is 10.5 Å². The molecule has 16 heavy (non-hydrogen) atoms. The summed E-state index contributed by atoms with van der Waals surface area (Å²) in [4.78, 5) is 2.64. The van der Waals surface area contributed by atoms with E-state index in [1.807, 2.05) is 0 Å². The Morgan fingerprint density at radius 3 is 2.38 bits per heavy atom. The van der Waals surface area contributed by atoms with Crippen molar-refractivity contribution < 1.29 is 4.74 Å². The number of nitrogens with zero attached hydrogens (tertiary/aromatic N) is 1. The summed E-state index contributed by atoms with van der Waals surface area (Å²) in [5.74, 6) is 0.886. The molecule has 0 aromatic rings. The Kier molecular flexibility index (Phi) is 4.62. The van der Waals surface area contributed by atoms with Gasteiger partial charge in [-0.25, -0.2) is 0 Å². The minimum Gasteiger partial charge on any atom is -0.383 e. The topological polar surface area (TPSA) is 38.5 Å². The zero-order valence-electron chi connectivity index (χ0n) is 10.5. The first-order chi connectivity index (χ1) is 7.79. The molecule has 2 saturated carbocycles. The van der Waals surface area contributed by atoms with E-state index in [2.05, 4.69) is 4.90 Å². The lowest BCUT2D eigenvalue weighted by atomic mass is 9.86. The van der Waals surface area contributed by atoms with Crippen molar-refractivity contribution in [3.8, 4) is 0 Å². The van der Waals surface area contributed by atoms with Gasteiger partial charge in [-0.3, -0.25) is 4.90 Å². The van der Waals surface area contributed by atoms with Gasteiger partial charge in [-0.05, 0) is 44.4 Å². The first-order valence-corrected chi connectivity index (χ1v) is 6.78. The maximum absolute atomic E-state index is 5.95. The van der Waals surface area contributed by atoms with Gasteiger partial charge in [-0.15, -0.1) is 0 Å². The van der Waals surface area contributed by atoms with Gasteiger partial charge >= 0.3 is 0 Å². The lowest BCUT2D eigenvalue weighted by Gasteiger charge is -2.31. The molecule has 2 aliphatic rings. The van der Waals surface area contributed by atoms with Crippen LogP contribution in [0.25, 0.3) is 0 Å². The van der Waals surface area contributed by atoms with Crippen molar-refractivity contribution in [3.63, 3.8) is 0 Å². The van der Waals surface area contributed by atoms with Crippen LogP contribution in [0.15, 0.2) is 0 Å². The molecule has 0 unspecified atom stereocenters. The zero-order chi connectivity index (χ0) is 11.4. The molecule has 0 radical (unpaired) electrons. The molecule has 0 heterocycles. The number of hydrogen-bond acceptors (Lipinski definition) is 3. The van der Waals surface area contributed by atoms with Crippen molar-refractivity contribution in [2.75, 3.05) is 26.8 Å². The van der Waals surface area contributed by atoms with Crippen molar-refractivity contribution in [2.24, 2.45) is 11.7 Å². The standard InChI is InChI=1S/C13H26N2O/c1-16-9-8-15(13-6-7-13)10-11-2-4-12(14)5-3-11/h11-13H,2-10,14H2,1H3. The molecule has 0 atom stereocenters. The van der Waals surface area contributed by atoms with Crippen LogP contribution in [0, 0.1) is 5.92 Å². The van der Waals surface area contributed by atoms with Crippen molar-refractivity contribution in [2.45, 2.75) is 50.6 Å². The lowest BCUT2D eigenvalue weighted by molar-refractivity contribution is 0.123. The molecule has 2 rings (SSSR count). The zero-order valence-corrected chi connectivity index (χ0v) is 10.5. The van der Waals surface area contributed by atoms with E-state index in [1.165, 1.54) is 45.1 Å². The van der Waals surface area contributed by atoms with E-state index in [9.17, 15) is 0 Å². The molecule has 3 nitrogen and oxygen atoms in total. The van der Waals surface area contributed by atoms with Gasteiger partial charge in [0.05, 0.1) is 6.61 Å². The molecule has 0 aliphatic heterocycles. The lowest BCUT2D eigenvalue weighted by Crippen LogP contribution is -2.37. The summed E-state index contributed by atoms with van der Waals surface area (Å²) >= 11 is 0. The van der Waals surface area contributed by atoms with Crippen LogP contribution in [0.5, 0.6) is 0 Å². The fraction of sp³-hybridized carbons (Fsp3) is 1.00. The van der Waals surface area contributed by atoms with Crippen molar-refractivity contribution in [3.05, 3.63) is 0 Å². The first kappa shape index (κ1) is 12.3. The second-order valence-corrected chi connectivity index (χ2v) is 5.50. The van der Waals surface area contributed by atoms with Crippen LogP contribution in [0.2, 0.25) is 0 Å². The summed E-state index contributed by atoms with van der Waals surface area (Å²) in [6, 6.07) is 1.34. The minimum atomic E-state index is 0.476. The molecular formula is C13H26N2O. The molecule has 2 fully saturated rings. The predicted molar refractivity (Wildman–Crippen MR) is 66.4 cm³/mol. The maximum atomic E-state index is 5.95. The predicted octanol–water partition coefficient (Wildman–Crippen LogP) is 1.61. The minimum absolute atomic E-state index is 0.476. The smallest absolute Gasteiger partial charge is 0.0589 e. The van der Waals surface area contributed by atoms with Crippen LogP contribution in [0.1, 0.15) is 38.5 Å². The van der Waals surface area contributed by atoms with Gasteiger partial charge in [-0.2, -0.15) is 0 Å². The third-order valence-electron chi connectivity index (χ3n) is 4.03. The van der Waals surface area contributed by atoms with Crippen LogP contribution >= 0.6 is 0 Å². The first-order valence-electron chi connectivity index (χ1n) is 6.78. The summed E-state index contributed by atoms with van der Waals surface area (Å²) in [6.45, 7) is 3.27. The highest BCUT2D eigenvalue weighted by molar-refractivity contribution is 4.87. The largest absolute Gasteiger partial charge is 0.383 e. The number of rotatable bonds is 6. The summed E-state index contributed by atoms with van der Waals surface area (Å²) in [7, 11) is 1.80. The van der Waals surface area contributed by atoms with Crippen molar-refractivity contribution >= 4 is 0 Å². The summed E-state index contributed by atoms with van der Waals surface area (Å²) < 4.78 is 5.19. The third kappa shape index (κ3) is 3.72. The molecule has 2 aliphatic carbocycles. The van der Waals surface area contributed by atoms with Crippen LogP contribution in [0.4, 0.5) is 0 Å². The van der Waals surface area contributed by atoms with Gasteiger partial charge < -0.3 is 10.5 Å². The Morgan fingerprint density at radius 2 is 1.81 bits per heavy atom.